The second kappa shape index (κ2) is 8.50. The van der Waals surface area contributed by atoms with Gasteiger partial charge in [0.25, 0.3) is 0 Å². The molecule has 0 radical (unpaired) electrons. The fourth-order valence-corrected chi connectivity index (χ4v) is 2.11. The molecule has 1 aromatic rings. The first-order chi connectivity index (χ1) is 15.6. The standard InChI is InChI=1S/C17H5F19/c18-9(19,7-6-8-4-2-1-3-5-8)10(20,21)11(22,23)12(24,25)13(26,27)14(28,29)15(30,31)16(32,33)17(34,35)36/h1-5H. The minimum absolute atomic E-state index is 0.0376. The van der Waals surface area contributed by atoms with Crippen molar-refractivity contribution in [3.8, 4) is 11.8 Å². The van der Waals surface area contributed by atoms with E-state index in [4.69, 9.17) is 0 Å². The Kier molecular flexibility index (Phi) is 7.43. The van der Waals surface area contributed by atoms with Crippen molar-refractivity contribution < 1.29 is 83.4 Å². The van der Waals surface area contributed by atoms with Crippen molar-refractivity contribution in [2.75, 3.05) is 0 Å². The van der Waals surface area contributed by atoms with Crippen molar-refractivity contribution in [1.29, 1.82) is 0 Å². The summed E-state index contributed by atoms with van der Waals surface area (Å²) < 4.78 is 250. The van der Waals surface area contributed by atoms with Crippen molar-refractivity contribution in [3.05, 3.63) is 35.9 Å². The van der Waals surface area contributed by atoms with Crippen molar-refractivity contribution >= 4 is 0 Å². The monoisotopic (exact) mass is 570 g/mol. The third kappa shape index (κ3) is 4.19. The first kappa shape index (κ1) is 31.5. The molecular formula is C17H5F19. The molecule has 0 saturated carbocycles. The fourth-order valence-electron chi connectivity index (χ4n) is 2.11. The topological polar surface area (TPSA) is 0 Å². The van der Waals surface area contributed by atoms with Gasteiger partial charge in [-0.1, -0.05) is 24.1 Å². The second-order valence-corrected chi connectivity index (χ2v) is 6.71. The third-order valence-corrected chi connectivity index (χ3v) is 4.25. The molecule has 0 saturated heterocycles. The van der Waals surface area contributed by atoms with Crippen LogP contribution in [-0.2, 0) is 0 Å². The first-order valence-electron chi connectivity index (χ1n) is 8.25. The molecule has 0 amide bonds. The van der Waals surface area contributed by atoms with Crippen LogP contribution < -0.4 is 0 Å². The van der Waals surface area contributed by atoms with Crippen LogP contribution in [0.15, 0.2) is 30.3 Å². The van der Waals surface area contributed by atoms with Crippen LogP contribution >= 0.6 is 0 Å². The summed E-state index contributed by atoms with van der Waals surface area (Å²) >= 11 is 0. The van der Waals surface area contributed by atoms with Crippen LogP contribution in [0.25, 0.3) is 0 Å². The van der Waals surface area contributed by atoms with E-state index in [9.17, 15) is 83.4 Å². The molecule has 0 atom stereocenters. The number of halogens is 19. The van der Waals surface area contributed by atoms with E-state index in [0.717, 1.165) is 36.3 Å². The number of hydrogen-bond acceptors (Lipinski definition) is 0. The first-order valence-corrected chi connectivity index (χ1v) is 8.25. The van der Waals surface area contributed by atoms with Gasteiger partial charge >= 0.3 is 53.6 Å². The molecule has 0 aliphatic heterocycles. The minimum atomic E-state index is -8.94. The van der Waals surface area contributed by atoms with E-state index in [-0.39, 0.29) is 5.92 Å². The van der Waals surface area contributed by atoms with E-state index in [0.29, 0.717) is 0 Å². The van der Waals surface area contributed by atoms with Crippen molar-refractivity contribution in [3.63, 3.8) is 0 Å². The molecular weight excluding hydrogens is 565 g/mol. The highest BCUT2D eigenvalue weighted by molar-refractivity contribution is 5.36. The molecule has 0 fully saturated rings. The summed E-state index contributed by atoms with van der Waals surface area (Å²) in [6.07, 6.45) is -7.90. The normalized spacial score (nSPS) is 15.4. The molecule has 19 heteroatoms. The van der Waals surface area contributed by atoms with Crippen LogP contribution in [0.1, 0.15) is 5.56 Å². The Bertz CT molecular complexity index is 990. The highest BCUT2D eigenvalue weighted by Crippen LogP contribution is 2.65. The molecule has 0 nitrogen and oxygen atoms in total. The van der Waals surface area contributed by atoms with Gasteiger partial charge in [0.2, 0.25) is 0 Å². The van der Waals surface area contributed by atoms with Gasteiger partial charge in [-0.2, -0.15) is 83.4 Å². The summed E-state index contributed by atoms with van der Waals surface area (Å²) in [4.78, 5) is 0. The highest BCUT2D eigenvalue weighted by atomic mass is 19.4. The summed E-state index contributed by atoms with van der Waals surface area (Å²) in [5.74, 6) is -66.0. The maximum absolute atomic E-state index is 13.6. The molecule has 0 aliphatic rings. The molecule has 0 unspecified atom stereocenters. The van der Waals surface area contributed by atoms with Crippen molar-refractivity contribution in [1.82, 2.24) is 0 Å². The Hall–Kier alpha value is -2.55. The summed E-state index contributed by atoms with van der Waals surface area (Å²) in [5.41, 5.74) is -0.714. The molecule has 0 aromatic heterocycles. The Balaban J connectivity index is 3.69. The summed E-state index contributed by atoms with van der Waals surface area (Å²) in [6.45, 7) is 0. The second-order valence-electron chi connectivity index (χ2n) is 6.71. The van der Waals surface area contributed by atoms with Gasteiger partial charge in [0, 0.05) is 5.56 Å². The van der Waals surface area contributed by atoms with Crippen LogP contribution in [0.3, 0.4) is 0 Å². The highest BCUT2D eigenvalue weighted by Gasteiger charge is 2.96. The smallest absolute Gasteiger partial charge is 0.192 e. The SMILES string of the molecule is FC(F)(F)C(F)(F)C(F)(F)C(F)(F)C(F)(F)C(F)(F)C(F)(F)C(F)(F)C(F)(F)C#Cc1ccccc1. The van der Waals surface area contributed by atoms with E-state index in [2.05, 4.69) is 0 Å². The molecule has 206 valence electrons. The largest absolute Gasteiger partial charge is 0.460 e. The summed E-state index contributed by atoms with van der Waals surface area (Å²) in [5, 5.41) is 0. The average Bonchev–Trinajstić information content (AvgIpc) is 2.71. The zero-order valence-electron chi connectivity index (χ0n) is 16.1. The fraction of sp³-hybridized carbons (Fsp3) is 0.529. The molecule has 0 bridgehead atoms. The molecule has 0 spiro atoms. The maximum atomic E-state index is 13.6. The lowest BCUT2D eigenvalue weighted by molar-refractivity contribution is -0.466. The predicted molar refractivity (Wildman–Crippen MR) is 79.0 cm³/mol. The Morgan fingerprint density at radius 2 is 0.694 bits per heavy atom. The molecule has 0 aliphatic carbocycles. The van der Waals surface area contributed by atoms with Gasteiger partial charge in [-0.05, 0) is 18.1 Å². The molecule has 1 aromatic carbocycles. The van der Waals surface area contributed by atoms with Gasteiger partial charge in [0.05, 0.1) is 0 Å². The molecule has 1 rings (SSSR count). The van der Waals surface area contributed by atoms with Gasteiger partial charge < -0.3 is 0 Å². The van der Waals surface area contributed by atoms with E-state index in [1.54, 1.807) is 0 Å². The lowest BCUT2D eigenvalue weighted by atomic mass is 9.87. The zero-order chi connectivity index (χ0) is 29.0. The van der Waals surface area contributed by atoms with Crippen LogP contribution in [0.4, 0.5) is 83.4 Å². The third-order valence-electron chi connectivity index (χ3n) is 4.25. The molecule has 36 heavy (non-hydrogen) atoms. The van der Waals surface area contributed by atoms with Crippen molar-refractivity contribution in [2.45, 2.75) is 53.6 Å². The number of rotatable bonds is 7. The number of alkyl halides is 19. The van der Waals surface area contributed by atoms with Gasteiger partial charge in [-0.15, -0.1) is 0 Å². The zero-order valence-corrected chi connectivity index (χ0v) is 16.1. The Morgan fingerprint density at radius 3 is 1.03 bits per heavy atom. The van der Waals surface area contributed by atoms with E-state index in [1.165, 1.54) is 0 Å². The van der Waals surface area contributed by atoms with Gasteiger partial charge in [0.15, 0.2) is 0 Å². The molecule has 0 heterocycles. The number of benzene rings is 1. The van der Waals surface area contributed by atoms with Crippen LogP contribution in [-0.4, -0.2) is 53.6 Å². The lowest BCUT2D eigenvalue weighted by Gasteiger charge is -2.43. The van der Waals surface area contributed by atoms with Gasteiger partial charge in [-0.3, -0.25) is 0 Å². The summed E-state index contributed by atoms with van der Waals surface area (Å²) in [6, 6.07) is 4.56. The maximum Gasteiger partial charge on any atom is 0.460 e. The van der Waals surface area contributed by atoms with E-state index >= 15 is 0 Å². The van der Waals surface area contributed by atoms with Crippen LogP contribution in [0.5, 0.6) is 0 Å². The quantitative estimate of drug-likeness (QED) is 0.233. The lowest BCUT2D eigenvalue weighted by Crippen LogP contribution is -2.75. The van der Waals surface area contributed by atoms with Crippen molar-refractivity contribution in [2.24, 2.45) is 0 Å². The van der Waals surface area contributed by atoms with E-state index in [1.807, 2.05) is 0 Å². The van der Waals surface area contributed by atoms with Crippen LogP contribution in [0.2, 0.25) is 0 Å². The van der Waals surface area contributed by atoms with Crippen LogP contribution in [0, 0.1) is 11.8 Å². The summed E-state index contributed by atoms with van der Waals surface area (Å²) in [7, 11) is 0. The predicted octanol–water partition coefficient (Wildman–Crippen LogP) is 7.68. The average molecular weight is 570 g/mol. The van der Waals surface area contributed by atoms with E-state index < -0.39 is 59.1 Å². The number of hydrogen-bond donors (Lipinski definition) is 0. The molecule has 0 N–H and O–H groups in total. The Morgan fingerprint density at radius 1 is 0.389 bits per heavy atom. The van der Waals surface area contributed by atoms with Gasteiger partial charge in [-0.25, -0.2) is 0 Å². The Labute approximate surface area is 186 Å². The van der Waals surface area contributed by atoms with Gasteiger partial charge in [0.1, 0.15) is 0 Å². The minimum Gasteiger partial charge on any atom is -0.192 e.